The van der Waals surface area contributed by atoms with Crippen LogP contribution in [0.1, 0.15) is 27.7 Å². The van der Waals surface area contributed by atoms with Crippen molar-refractivity contribution in [3.05, 3.63) is 143 Å². The van der Waals surface area contributed by atoms with E-state index in [9.17, 15) is 4.79 Å². The van der Waals surface area contributed by atoms with Crippen LogP contribution in [0, 0.1) is 0 Å². The zero-order chi connectivity index (χ0) is 26.6. The molecule has 0 radical (unpaired) electrons. The Balaban J connectivity index is 1.27. The average molecular weight is 533 g/mol. The molecule has 0 N–H and O–H groups in total. The summed E-state index contributed by atoms with van der Waals surface area (Å²) in [4.78, 5) is 18.4. The second-order valence-electron chi connectivity index (χ2n) is 9.72. The zero-order valence-electron chi connectivity index (χ0n) is 21.5. The molecule has 0 bridgehead atoms. The molecule has 1 saturated heterocycles. The fourth-order valence-corrected chi connectivity index (χ4v) is 5.50. The summed E-state index contributed by atoms with van der Waals surface area (Å²) in [6.45, 7) is 2.82. The van der Waals surface area contributed by atoms with Gasteiger partial charge in [0.05, 0.1) is 17.4 Å². The summed E-state index contributed by atoms with van der Waals surface area (Å²) in [6, 6.07) is 40.6. The number of benzene rings is 4. The van der Waals surface area contributed by atoms with Gasteiger partial charge in [-0.3, -0.25) is 9.69 Å². The Labute approximate surface area is 233 Å². The number of hydrogen-bond donors (Lipinski definition) is 0. The Morgan fingerprint density at radius 2 is 1.28 bits per heavy atom. The number of piperazine rings is 1. The number of halogens is 1. The van der Waals surface area contributed by atoms with Gasteiger partial charge in [-0.05, 0) is 35.4 Å². The fraction of sp³-hybridized carbons (Fsp3) is 0.152. The maximum absolute atomic E-state index is 14.0. The molecule has 5 aromatic rings. The molecule has 1 aromatic heterocycles. The summed E-state index contributed by atoms with van der Waals surface area (Å²) >= 11 is 6.30. The molecule has 6 rings (SSSR count). The highest BCUT2D eigenvalue weighted by atomic mass is 35.5. The van der Waals surface area contributed by atoms with Crippen LogP contribution in [-0.2, 0) is 0 Å². The minimum atomic E-state index is -0.0275. The Hall–Kier alpha value is -4.19. The van der Waals surface area contributed by atoms with E-state index in [1.165, 1.54) is 11.1 Å². The normalized spacial score (nSPS) is 14.1. The van der Waals surface area contributed by atoms with E-state index >= 15 is 0 Å². The lowest BCUT2D eigenvalue weighted by atomic mass is 9.96. The molecule has 0 saturated carbocycles. The molecule has 6 heteroatoms. The van der Waals surface area contributed by atoms with Gasteiger partial charge in [0.15, 0.2) is 0 Å². The number of hydrogen-bond acceptors (Lipinski definition) is 3. The molecule has 2 heterocycles. The number of carbonyl (C=O) groups is 1. The Kier molecular flexibility index (Phi) is 7.26. The van der Waals surface area contributed by atoms with Crippen molar-refractivity contribution in [1.82, 2.24) is 19.6 Å². The average Bonchev–Trinajstić information content (AvgIpc) is 3.45. The minimum absolute atomic E-state index is 0.0275. The third-order valence-corrected chi connectivity index (χ3v) is 7.48. The van der Waals surface area contributed by atoms with Crippen LogP contribution < -0.4 is 0 Å². The Morgan fingerprint density at radius 3 is 1.87 bits per heavy atom. The van der Waals surface area contributed by atoms with Crippen molar-refractivity contribution in [3.63, 3.8) is 0 Å². The van der Waals surface area contributed by atoms with E-state index in [0.717, 1.165) is 30.0 Å². The third kappa shape index (κ3) is 5.37. The highest BCUT2D eigenvalue weighted by Gasteiger charge is 2.30. The fourth-order valence-electron chi connectivity index (χ4n) is 5.32. The molecule has 1 amide bonds. The van der Waals surface area contributed by atoms with Crippen LogP contribution in [0.4, 0.5) is 0 Å². The Morgan fingerprint density at radius 1 is 0.692 bits per heavy atom. The molecule has 1 aliphatic rings. The number of aromatic nitrogens is 2. The van der Waals surface area contributed by atoms with Crippen molar-refractivity contribution < 1.29 is 4.79 Å². The van der Waals surface area contributed by atoms with Crippen LogP contribution in [0.2, 0.25) is 5.02 Å². The molecule has 0 unspecified atom stereocenters. The first-order valence-corrected chi connectivity index (χ1v) is 13.6. The van der Waals surface area contributed by atoms with Gasteiger partial charge in [-0.25, -0.2) is 4.68 Å². The number of amides is 1. The predicted octanol–water partition coefficient (Wildman–Crippen LogP) is 6.74. The number of carbonyl (C=O) groups excluding carboxylic acids is 1. The van der Waals surface area contributed by atoms with Crippen LogP contribution in [0.15, 0.2) is 121 Å². The predicted molar refractivity (Wildman–Crippen MR) is 156 cm³/mol. The highest BCUT2D eigenvalue weighted by molar-refractivity contribution is 6.30. The molecule has 194 valence electrons. The summed E-state index contributed by atoms with van der Waals surface area (Å²) in [6.07, 6.45) is 0. The number of nitrogens with zero attached hydrogens (tertiary/aromatic N) is 4. The second kappa shape index (κ2) is 11.3. The van der Waals surface area contributed by atoms with E-state index in [0.29, 0.717) is 23.8 Å². The molecular formula is C33H29ClN4O. The van der Waals surface area contributed by atoms with Gasteiger partial charge in [0, 0.05) is 36.8 Å². The van der Waals surface area contributed by atoms with Crippen molar-refractivity contribution in [3.8, 4) is 16.9 Å². The van der Waals surface area contributed by atoms with E-state index in [4.69, 9.17) is 16.7 Å². The van der Waals surface area contributed by atoms with Gasteiger partial charge in [-0.1, -0.05) is 109 Å². The monoisotopic (exact) mass is 532 g/mol. The van der Waals surface area contributed by atoms with Gasteiger partial charge in [-0.15, -0.1) is 0 Å². The van der Waals surface area contributed by atoms with Gasteiger partial charge >= 0.3 is 0 Å². The van der Waals surface area contributed by atoms with E-state index < -0.39 is 0 Å². The van der Waals surface area contributed by atoms with Gasteiger partial charge in [0.25, 0.3) is 5.91 Å². The third-order valence-electron chi connectivity index (χ3n) is 7.25. The van der Waals surface area contributed by atoms with E-state index in [-0.39, 0.29) is 11.9 Å². The SMILES string of the molecule is O=C(c1cc(-c2ccccc2)nn1-c1cccc(Cl)c1)N1CCN(C(c2ccccc2)c2ccccc2)CC1. The molecule has 4 aromatic carbocycles. The second-order valence-corrected chi connectivity index (χ2v) is 10.2. The van der Waals surface area contributed by atoms with E-state index in [2.05, 4.69) is 65.6 Å². The topological polar surface area (TPSA) is 41.4 Å². The Bertz CT molecular complexity index is 1510. The maximum Gasteiger partial charge on any atom is 0.272 e. The van der Waals surface area contributed by atoms with Gasteiger partial charge < -0.3 is 4.90 Å². The van der Waals surface area contributed by atoms with Gasteiger partial charge in [-0.2, -0.15) is 5.10 Å². The largest absolute Gasteiger partial charge is 0.335 e. The molecule has 0 aliphatic carbocycles. The zero-order valence-corrected chi connectivity index (χ0v) is 22.3. The van der Waals surface area contributed by atoms with Crippen LogP contribution in [0.25, 0.3) is 16.9 Å². The van der Waals surface area contributed by atoms with Crippen LogP contribution in [-0.4, -0.2) is 51.7 Å². The first-order valence-electron chi connectivity index (χ1n) is 13.2. The lowest BCUT2D eigenvalue weighted by molar-refractivity contribution is 0.0589. The first-order chi connectivity index (χ1) is 19.2. The first kappa shape index (κ1) is 25.1. The quantitative estimate of drug-likeness (QED) is 0.243. The standard InChI is InChI=1S/C33H29ClN4O/c34-28-17-10-18-29(23-28)38-31(24-30(35-38)25-11-4-1-5-12-25)33(39)37-21-19-36(20-22-37)32(26-13-6-2-7-14-26)27-15-8-3-9-16-27/h1-18,23-24,32H,19-22H2. The molecule has 39 heavy (non-hydrogen) atoms. The molecule has 1 fully saturated rings. The van der Waals surface area contributed by atoms with E-state index in [1.807, 2.05) is 65.6 Å². The van der Waals surface area contributed by atoms with Crippen molar-refractivity contribution in [2.24, 2.45) is 0 Å². The van der Waals surface area contributed by atoms with Crippen LogP contribution in [0.5, 0.6) is 0 Å². The maximum atomic E-state index is 14.0. The van der Waals surface area contributed by atoms with Gasteiger partial charge in [0.2, 0.25) is 0 Å². The summed E-state index contributed by atoms with van der Waals surface area (Å²) in [5.41, 5.74) is 5.54. The van der Waals surface area contributed by atoms with Crippen molar-refractivity contribution >= 4 is 17.5 Å². The van der Waals surface area contributed by atoms with E-state index in [1.54, 1.807) is 4.68 Å². The summed E-state index contributed by atoms with van der Waals surface area (Å²) in [5.74, 6) is -0.0275. The molecule has 0 spiro atoms. The lowest BCUT2D eigenvalue weighted by Crippen LogP contribution is -2.50. The molecule has 5 nitrogen and oxygen atoms in total. The molecule has 1 aliphatic heterocycles. The lowest BCUT2D eigenvalue weighted by Gasteiger charge is -2.39. The molecular weight excluding hydrogens is 504 g/mol. The molecule has 0 atom stereocenters. The van der Waals surface area contributed by atoms with Gasteiger partial charge in [0.1, 0.15) is 5.69 Å². The minimum Gasteiger partial charge on any atom is -0.335 e. The van der Waals surface area contributed by atoms with Crippen molar-refractivity contribution in [2.45, 2.75) is 6.04 Å². The highest BCUT2D eigenvalue weighted by Crippen LogP contribution is 2.30. The van der Waals surface area contributed by atoms with Crippen molar-refractivity contribution in [1.29, 1.82) is 0 Å². The summed E-state index contributed by atoms with van der Waals surface area (Å²) in [7, 11) is 0. The summed E-state index contributed by atoms with van der Waals surface area (Å²) in [5, 5.41) is 5.43. The number of rotatable bonds is 6. The van der Waals surface area contributed by atoms with Crippen LogP contribution >= 0.6 is 11.6 Å². The summed E-state index contributed by atoms with van der Waals surface area (Å²) < 4.78 is 1.72. The van der Waals surface area contributed by atoms with Crippen molar-refractivity contribution in [2.75, 3.05) is 26.2 Å². The smallest absolute Gasteiger partial charge is 0.272 e. The van der Waals surface area contributed by atoms with Crippen LogP contribution in [0.3, 0.4) is 0 Å².